The third-order valence-corrected chi connectivity index (χ3v) is 4.29. The number of piperidine rings is 1. The number of hydrogen-bond acceptors (Lipinski definition) is 4. The standard InChI is InChI=1S/C15H29NO4/c1-3-5-13(2)20-11-4-8-16-9-6-15(12-17,7-10-16)14(18)19/h13,17H,3-12H2,1-2H3,(H,18,19). The molecule has 0 aromatic carbocycles. The number of aliphatic hydroxyl groups is 1. The quantitative estimate of drug-likeness (QED) is 0.632. The van der Waals surface area contributed by atoms with E-state index in [0.717, 1.165) is 45.5 Å². The Balaban J connectivity index is 2.18. The molecule has 1 aliphatic heterocycles. The number of likely N-dealkylation sites (tertiary alicyclic amines) is 1. The van der Waals surface area contributed by atoms with Gasteiger partial charge in [0.05, 0.1) is 18.1 Å². The monoisotopic (exact) mass is 287 g/mol. The molecular formula is C15H29NO4. The molecule has 1 fully saturated rings. The van der Waals surface area contributed by atoms with Gasteiger partial charge in [0, 0.05) is 13.2 Å². The number of carbonyl (C=O) groups is 1. The van der Waals surface area contributed by atoms with Crippen LogP contribution in [0.4, 0.5) is 0 Å². The molecule has 0 saturated carbocycles. The van der Waals surface area contributed by atoms with Gasteiger partial charge in [-0.05, 0) is 45.7 Å². The van der Waals surface area contributed by atoms with E-state index < -0.39 is 11.4 Å². The molecule has 5 heteroatoms. The lowest BCUT2D eigenvalue weighted by Gasteiger charge is -2.37. The molecule has 0 amide bonds. The van der Waals surface area contributed by atoms with Crippen LogP contribution in [0, 0.1) is 5.41 Å². The second-order valence-electron chi connectivity index (χ2n) is 5.91. The predicted octanol–water partition coefficient (Wildman–Crippen LogP) is 1.74. The van der Waals surface area contributed by atoms with E-state index >= 15 is 0 Å². The van der Waals surface area contributed by atoms with Crippen LogP contribution >= 0.6 is 0 Å². The summed E-state index contributed by atoms with van der Waals surface area (Å²) in [6.45, 7) is 7.21. The highest BCUT2D eigenvalue weighted by Crippen LogP contribution is 2.31. The normalized spacial score (nSPS) is 20.8. The first-order chi connectivity index (χ1) is 9.54. The summed E-state index contributed by atoms with van der Waals surface area (Å²) >= 11 is 0. The average Bonchev–Trinajstić information content (AvgIpc) is 2.44. The summed E-state index contributed by atoms with van der Waals surface area (Å²) in [5, 5.41) is 18.5. The van der Waals surface area contributed by atoms with Crippen molar-refractivity contribution in [2.75, 3.05) is 32.8 Å². The van der Waals surface area contributed by atoms with E-state index in [2.05, 4.69) is 18.7 Å². The van der Waals surface area contributed by atoms with Crippen LogP contribution in [-0.4, -0.2) is 60.0 Å². The molecule has 1 rings (SSSR count). The van der Waals surface area contributed by atoms with Crippen molar-refractivity contribution in [3.63, 3.8) is 0 Å². The van der Waals surface area contributed by atoms with Gasteiger partial charge >= 0.3 is 5.97 Å². The summed E-state index contributed by atoms with van der Waals surface area (Å²) in [5.41, 5.74) is -0.914. The second kappa shape index (κ2) is 8.60. The van der Waals surface area contributed by atoms with Crippen molar-refractivity contribution in [1.82, 2.24) is 4.90 Å². The van der Waals surface area contributed by atoms with Crippen molar-refractivity contribution >= 4 is 5.97 Å². The molecule has 20 heavy (non-hydrogen) atoms. The molecule has 0 aliphatic carbocycles. The van der Waals surface area contributed by atoms with E-state index in [9.17, 15) is 15.0 Å². The molecule has 0 radical (unpaired) electrons. The van der Waals surface area contributed by atoms with Crippen molar-refractivity contribution in [2.45, 2.75) is 52.1 Å². The number of aliphatic carboxylic acids is 1. The highest BCUT2D eigenvalue weighted by atomic mass is 16.5. The molecule has 1 aliphatic rings. The maximum absolute atomic E-state index is 11.2. The second-order valence-corrected chi connectivity index (χ2v) is 5.91. The van der Waals surface area contributed by atoms with E-state index in [-0.39, 0.29) is 6.61 Å². The lowest BCUT2D eigenvalue weighted by molar-refractivity contribution is -0.155. The topological polar surface area (TPSA) is 70.0 Å². The van der Waals surface area contributed by atoms with E-state index in [1.807, 2.05) is 0 Å². The van der Waals surface area contributed by atoms with Gasteiger partial charge < -0.3 is 19.8 Å². The Labute approximate surface area is 121 Å². The van der Waals surface area contributed by atoms with Crippen LogP contribution in [0.1, 0.15) is 46.0 Å². The maximum Gasteiger partial charge on any atom is 0.312 e. The molecule has 0 aromatic heterocycles. The summed E-state index contributed by atoms with van der Waals surface area (Å²) in [6, 6.07) is 0. The molecule has 2 N–H and O–H groups in total. The molecule has 0 aromatic rings. The van der Waals surface area contributed by atoms with Crippen LogP contribution in [0.15, 0.2) is 0 Å². The maximum atomic E-state index is 11.2. The highest BCUT2D eigenvalue weighted by molar-refractivity contribution is 5.75. The Kier molecular flexibility index (Phi) is 7.48. The fourth-order valence-corrected chi connectivity index (χ4v) is 2.71. The van der Waals surface area contributed by atoms with Crippen LogP contribution in [0.5, 0.6) is 0 Å². The van der Waals surface area contributed by atoms with Gasteiger partial charge in [0.15, 0.2) is 0 Å². The number of ether oxygens (including phenoxy) is 1. The van der Waals surface area contributed by atoms with Crippen molar-refractivity contribution in [1.29, 1.82) is 0 Å². The zero-order valence-electron chi connectivity index (χ0n) is 12.8. The Morgan fingerprint density at radius 3 is 2.55 bits per heavy atom. The highest BCUT2D eigenvalue weighted by Gasteiger charge is 2.40. The van der Waals surface area contributed by atoms with Gasteiger partial charge in [0.1, 0.15) is 0 Å². The Morgan fingerprint density at radius 2 is 2.05 bits per heavy atom. The minimum Gasteiger partial charge on any atom is -0.481 e. The van der Waals surface area contributed by atoms with Gasteiger partial charge in [-0.15, -0.1) is 0 Å². The molecule has 0 bridgehead atoms. The Hall–Kier alpha value is -0.650. The molecule has 118 valence electrons. The van der Waals surface area contributed by atoms with Crippen LogP contribution in [0.25, 0.3) is 0 Å². The molecule has 1 saturated heterocycles. The molecular weight excluding hydrogens is 258 g/mol. The van der Waals surface area contributed by atoms with Crippen LogP contribution < -0.4 is 0 Å². The van der Waals surface area contributed by atoms with Crippen molar-refractivity contribution in [3.8, 4) is 0 Å². The first-order valence-corrected chi connectivity index (χ1v) is 7.72. The van der Waals surface area contributed by atoms with Gasteiger partial charge in [0.25, 0.3) is 0 Å². The van der Waals surface area contributed by atoms with Gasteiger partial charge in [-0.3, -0.25) is 4.79 Å². The van der Waals surface area contributed by atoms with Gasteiger partial charge in [-0.1, -0.05) is 13.3 Å². The Bertz CT molecular complexity index is 288. The average molecular weight is 287 g/mol. The molecule has 1 atom stereocenters. The van der Waals surface area contributed by atoms with Crippen molar-refractivity contribution < 1.29 is 19.7 Å². The molecule has 1 unspecified atom stereocenters. The molecule has 0 spiro atoms. The smallest absolute Gasteiger partial charge is 0.312 e. The van der Waals surface area contributed by atoms with Crippen LogP contribution in [-0.2, 0) is 9.53 Å². The molecule has 5 nitrogen and oxygen atoms in total. The van der Waals surface area contributed by atoms with Gasteiger partial charge in [0.2, 0.25) is 0 Å². The zero-order valence-corrected chi connectivity index (χ0v) is 12.8. The van der Waals surface area contributed by atoms with Gasteiger partial charge in [-0.2, -0.15) is 0 Å². The minimum absolute atomic E-state index is 0.256. The zero-order chi connectivity index (χ0) is 15.0. The first kappa shape index (κ1) is 17.4. The third kappa shape index (κ3) is 5.04. The van der Waals surface area contributed by atoms with Gasteiger partial charge in [-0.25, -0.2) is 0 Å². The van der Waals surface area contributed by atoms with Crippen LogP contribution in [0.2, 0.25) is 0 Å². The lowest BCUT2D eigenvalue weighted by atomic mass is 9.79. The fraction of sp³-hybridized carbons (Fsp3) is 0.933. The minimum atomic E-state index is -0.914. The summed E-state index contributed by atoms with van der Waals surface area (Å²) in [4.78, 5) is 13.5. The van der Waals surface area contributed by atoms with Crippen molar-refractivity contribution in [2.24, 2.45) is 5.41 Å². The summed E-state index contributed by atoms with van der Waals surface area (Å²) in [5.74, 6) is -0.864. The summed E-state index contributed by atoms with van der Waals surface area (Å²) in [6.07, 6.45) is 4.62. The largest absolute Gasteiger partial charge is 0.481 e. The number of hydrogen-bond donors (Lipinski definition) is 2. The number of carboxylic acids is 1. The van der Waals surface area contributed by atoms with E-state index in [0.29, 0.717) is 18.9 Å². The number of rotatable bonds is 9. The third-order valence-electron chi connectivity index (χ3n) is 4.29. The van der Waals surface area contributed by atoms with E-state index in [4.69, 9.17) is 4.74 Å². The number of nitrogens with zero attached hydrogens (tertiary/aromatic N) is 1. The fourth-order valence-electron chi connectivity index (χ4n) is 2.71. The Morgan fingerprint density at radius 1 is 1.40 bits per heavy atom. The number of aliphatic hydroxyl groups excluding tert-OH is 1. The van der Waals surface area contributed by atoms with Crippen LogP contribution in [0.3, 0.4) is 0 Å². The van der Waals surface area contributed by atoms with Crippen molar-refractivity contribution in [3.05, 3.63) is 0 Å². The molecule has 1 heterocycles. The summed E-state index contributed by atoms with van der Waals surface area (Å²) < 4.78 is 5.71. The van der Waals surface area contributed by atoms with E-state index in [1.165, 1.54) is 0 Å². The first-order valence-electron chi connectivity index (χ1n) is 7.72. The lowest BCUT2D eigenvalue weighted by Crippen LogP contribution is -2.46. The SMILES string of the molecule is CCCC(C)OCCCN1CCC(CO)(C(=O)O)CC1. The number of carboxylic acid groups (broad SMARTS) is 1. The summed E-state index contributed by atoms with van der Waals surface area (Å²) in [7, 11) is 0. The predicted molar refractivity (Wildman–Crippen MR) is 77.8 cm³/mol. The van der Waals surface area contributed by atoms with E-state index in [1.54, 1.807) is 0 Å².